The molecule has 0 amide bonds. The second-order valence-electron chi connectivity index (χ2n) is 4.20. The zero-order chi connectivity index (χ0) is 14.2. The van der Waals surface area contributed by atoms with Gasteiger partial charge >= 0.3 is 5.97 Å². The van der Waals surface area contributed by atoms with Crippen molar-refractivity contribution in [2.75, 3.05) is 53.2 Å². The average Bonchev–Trinajstić information content (AvgIpc) is 2.20. The molecule has 0 spiro atoms. The molecule has 0 saturated carbocycles. The van der Waals surface area contributed by atoms with Crippen LogP contribution in [0.25, 0.3) is 0 Å². The summed E-state index contributed by atoms with van der Waals surface area (Å²) in [5, 5.41) is 8.59. The molecule has 0 aliphatic rings. The van der Waals surface area contributed by atoms with Crippen LogP contribution in [0.1, 0.15) is 6.42 Å². The second kappa shape index (κ2) is 8.41. The van der Waals surface area contributed by atoms with Crippen LogP contribution in [0.5, 0.6) is 0 Å². The van der Waals surface area contributed by atoms with Crippen LogP contribution in [0.4, 0.5) is 0 Å². The number of hydrogen-bond donors (Lipinski definition) is 1. The Bertz CT molecular complexity index is 342. The summed E-state index contributed by atoms with van der Waals surface area (Å²) in [7, 11) is 1.51. The van der Waals surface area contributed by atoms with Gasteiger partial charge in [0.05, 0.1) is 6.61 Å². The molecule has 0 heterocycles. The Hall–Kier alpha value is -0.700. The third-order valence-electron chi connectivity index (χ3n) is 2.26. The van der Waals surface area contributed by atoms with E-state index >= 15 is 0 Å². The Morgan fingerprint density at radius 2 is 1.83 bits per heavy atom. The van der Waals surface area contributed by atoms with Crippen LogP contribution < -0.4 is 0 Å². The fourth-order valence-electron chi connectivity index (χ4n) is 1.39. The number of carboxylic acid groups (broad SMARTS) is 1. The molecule has 0 atom stereocenters. The summed E-state index contributed by atoms with van der Waals surface area (Å²) in [5.74, 6) is -2.22. The van der Waals surface area contributed by atoms with Crippen LogP contribution in [-0.4, -0.2) is 81.9 Å². The van der Waals surface area contributed by atoms with Gasteiger partial charge in [-0.15, -0.1) is 0 Å². The third-order valence-corrected chi connectivity index (χ3v) is 4.02. The molecule has 7 nitrogen and oxygen atoms in total. The molecule has 0 aromatic rings. The van der Waals surface area contributed by atoms with Crippen molar-refractivity contribution >= 4 is 16.0 Å². The second-order valence-corrected chi connectivity index (χ2v) is 6.17. The SMILES string of the molecule is COCCN(CCCN(C)C)S(=O)(=O)CC(=O)O. The molecule has 0 radical (unpaired) electrons. The van der Waals surface area contributed by atoms with Crippen LogP contribution in [0.15, 0.2) is 0 Å². The molecule has 0 rings (SSSR count). The van der Waals surface area contributed by atoms with Gasteiger partial charge in [0.15, 0.2) is 5.75 Å². The molecule has 0 unspecified atom stereocenters. The number of hydrogen-bond acceptors (Lipinski definition) is 5. The molecule has 0 bridgehead atoms. The van der Waals surface area contributed by atoms with Gasteiger partial charge < -0.3 is 14.7 Å². The molecular formula is C10H22N2O5S. The topological polar surface area (TPSA) is 87.2 Å². The zero-order valence-electron chi connectivity index (χ0n) is 11.1. The van der Waals surface area contributed by atoms with Gasteiger partial charge in [0, 0.05) is 20.2 Å². The fourth-order valence-corrected chi connectivity index (χ4v) is 2.65. The number of carboxylic acids is 1. The lowest BCUT2D eigenvalue weighted by Crippen LogP contribution is -2.39. The van der Waals surface area contributed by atoms with Gasteiger partial charge in [-0.25, -0.2) is 8.42 Å². The van der Waals surface area contributed by atoms with Gasteiger partial charge in [0.1, 0.15) is 0 Å². The Labute approximate surface area is 108 Å². The lowest BCUT2D eigenvalue weighted by molar-refractivity contribution is -0.134. The lowest BCUT2D eigenvalue weighted by Gasteiger charge is -2.21. The van der Waals surface area contributed by atoms with Crippen molar-refractivity contribution < 1.29 is 23.1 Å². The minimum Gasteiger partial charge on any atom is -0.480 e. The summed E-state index contributed by atoms with van der Waals surface area (Å²) in [4.78, 5) is 12.5. The molecule has 8 heteroatoms. The van der Waals surface area contributed by atoms with Gasteiger partial charge in [0.2, 0.25) is 10.0 Å². The van der Waals surface area contributed by atoms with E-state index in [-0.39, 0.29) is 13.2 Å². The van der Waals surface area contributed by atoms with E-state index in [2.05, 4.69) is 0 Å². The van der Waals surface area contributed by atoms with E-state index in [1.807, 2.05) is 19.0 Å². The maximum atomic E-state index is 11.8. The van der Waals surface area contributed by atoms with E-state index in [9.17, 15) is 13.2 Å². The molecule has 0 aromatic carbocycles. The Kier molecular flexibility index (Phi) is 8.08. The first-order valence-corrected chi connectivity index (χ1v) is 7.24. The number of sulfonamides is 1. The fraction of sp³-hybridized carbons (Fsp3) is 0.900. The minimum atomic E-state index is -3.76. The number of carbonyl (C=O) groups is 1. The standard InChI is InChI=1S/C10H22N2O5S/c1-11(2)5-4-6-12(7-8-17-3)18(15,16)9-10(13)14/h4-9H2,1-3H3,(H,13,14). The molecule has 0 saturated heterocycles. The Balaban J connectivity index is 4.50. The largest absolute Gasteiger partial charge is 0.480 e. The Morgan fingerprint density at radius 3 is 2.28 bits per heavy atom. The zero-order valence-corrected chi connectivity index (χ0v) is 11.9. The number of nitrogens with zero attached hydrogens (tertiary/aromatic N) is 2. The first-order chi connectivity index (χ1) is 8.29. The van der Waals surface area contributed by atoms with Gasteiger partial charge in [-0.1, -0.05) is 0 Å². The lowest BCUT2D eigenvalue weighted by atomic mass is 10.4. The quantitative estimate of drug-likeness (QED) is 0.570. The maximum Gasteiger partial charge on any atom is 0.320 e. The molecule has 18 heavy (non-hydrogen) atoms. The van der Waals surface area contributed by atoms with Crippen LogP contribution in [0, 0.1) is 0 Å². The first-order valence-electron chi connectivity index (χ1n) is 5.63. The van der Waals surface area contributed by atoms with Crippen molar-refractivity contribution in [1.82, 2.24) is 9.21 Å². The third kappa shape index (κ3) is 7.59. The molecule has 108 valence electrons. The predicted molar refractivity (Wildman–Crippen MR) is 68.0 cm³/mol. The highest BCUT2D eigenvalue weighted by Crippen LogP contribution is 2.03. The monoisotopic (exact) mass is 282 g/mol. The molecule has 0 aromatic heterocycles. The highest BCUT2D eigenvalue weighted by molar-refractivity contribution is 7.89. The van der Waals surface area contributed by atoms with Crippen LogP contribution in [-0.2, 0) is 19.6 Å². The highest BCUT2D eigenvalue weighted by Gasteiger charge is 2.24. The first kappa shape index (κ1) is 17.3. The number of ether oxygens (including phenoxy) is 1. The van der Waals surface area contributed by atoms with Crippen molar-refractivity contribution in [3.63, 3.8) is 0 Å². The van der Waals surface area contributed by atoms with Gasteiger partial charge in [0.25, 0.3) is 0 Å². The van der Waals surface area contributed by atoms with E-state index in [1.54, 1.807) is 0 Å². The van der Waals surface area contributed by atoms with Crippen LogP contribution in [0.3, 0.4) is 0 Å². The van der Waals surface area contributed by atoms with E-state index in [4.69, 9.17) is 9.84 Å². The average molecular weight is 282 g/mol. The van der Waals surface area contributed by atoms with Crippen molar-refractivity contribution in [2.45, 2.75) is 6.42 Å². The summed E-state index contributed by atoms with van der Waals surface area (Å²) < 4.78 is 29.6. The summed E-state index contributed by atoms with van der Waals surface area (Å²) in [5.41, 5.74) is 0. The van der Waals surface area contributed by atoms with Gasteiger partial charge in [-0.05, 0) is 27.1 Å². The van der Waals surface area contributed by atoms with Crippen molar-refractivity contribution in [3.05, 3.63) is 0 Å². The van der Waals surface area contributed by atoms with Crippen LogP contribution in [0.2, 0.25) is 0 Å². The maximum absolute atomic E-state index is 11.8. The van der Waals surface area contributed by atoms with Gasteiger partial charge in [-0.3, -0.25) is 4.79 Å². The molecule has 0 fully saturated rings. The van der Waals surface area contributed by atoms with Crippen LogP contribution >= 0.6 is 0 Å². The summed E-state index contributed by atoms with van der Waals surface area (Å²) in [6.45, 7) is 1.48. The number of methoxy groups -OCH3 is 1. The van der Waals surface area contributed by atoms with Crippen molar-refractivity contribution in [1.29, 1.82) is 0 Å². The Morgan fingerprint density at radius 1 is 1.22 bits per heavy atom. The summed E-state index contributed by atoms with van der Waals surface area (Å²) in [6, 6.07) is 0. The highest BCUT2D eigenvalue weighted by atomic mass is 32.2. The summed E-state index contributed by atoms with van der Waals surface area (Å²) in [6.07, 6.45) is 0.648. The molecule has 0 aliphatic heterocycles. The van der Waals surface area contributed by atoms with Crippen molar-refractivity contribution in [3.8, 4) is 0 Å². The minimum absolute atomic E-state index is 0.180. The molecular weight excluding hydrogens is 260 g/mol. The predicted octanol–water partition coefficient (Wildman–Crippen LogP) is -0.699. The van der Waals surface area contributed by atoms with E-state index in [1.165, 1.54) is 11.4 Å². The van der Waals surface area contributed by atoms with E-state index in [0.717, 1.165) is 6.54 Å². The van der Waals surface area contributed by atoms with Gasteiger partial charge in [-0.2, -0.15) is 4.31 Å². The number of rotatable bonds is 10. The van der Waals surface area contributed by atoms with E-state index < -0.39 is 21.7 Å². The van der Waals surface area contributed by atoms with E-state index in [0.29, 0.717) is 13.0 Å². The number of aliphatic carboxylic acids is 1. The molecule has 0 aliphatic carbocycles. The normalized spacial score (nSPS) is 12.3. The molecule has 1 N–H and O–H groups in total. The smallest absolute Gasteiger partial charge is 0.320 e. The summed E-state index contributed by atoms with van der Waals surface area (Å²) >= 11 is 0. The van der Waals surface area contributed by atoms with Crippen molar-refractivity contribution in [2.24, 2.45) is 0 Å².